The second kappa shape index (κ2) is 44.5. The lowest BCUT2D eigenvalue weighted by Crippen LogP contribution is -2.28. The van der Waals surface area contributed by atoms with Gasteiger partial charge in [-0.05, 0) is 90.3 Å². The van der Waals surface area contributed by atoms with Crippen LogP contribution in [0.1, 0.15) is 252 Å². The van der Waals surface area contributed by atoms with E-state index in [2.05, 4.69) is 30.1 Å². The van der Waals surface area contributed by atoms with Crippen LogP contribution in [0.15, 0.2) is 4.40 Å². The zero-order chi connectivity index (χ0) is 43.4. The van der Waals surface area contributed by atoms with Crippen molar-refractivity contribution in [3.8, 4) is 0 Å². The number of hydrogen-bond donors (Lipinski definition) is 1. The molecule has 0 amide bonds. The minimum absolute atomic E-state index is 0.00424. The summed E-state index contributed by atoms with van der Waals surface area (Å²) in [6.07, 6.45) is 40.6. The van der Waals surface area contributed by atoms with Crippen molar-refractivity contribution < 1.29 is 27.8 Å². The first-order valence-electron chi connectivity index (χ1n) is 25.2. The predicted octanol–water partition coefficient (Wildman–Crippen LogP) is 13.9. The van der Waals surface area contributed by atoms with Gasteiger partial charge < -0.3 is 19.3 Å². The van der Waals surface area contributed by atoms with E-state index in [4.69, 9.17) is 9.47 Å². The van der Waals surface area contributed by atoms with E-state index in [9.17, 15) is 18.4 Å². The number of carbonyl (C=O) groups is 2. The highest BCUT2D eigenvalue weighted by Gasteiger charge is 2.15. The molecular weight excluding hydrogens is 759 g/mol. The van der Waals surface area contributed by atoms with Crippen molar-refractivity contribution in [2.45, 2.75) is 258 Å². The fraction of sp³-hybridized carbons (Fsp3) is 0.939. The molecule has 0 aliphatic rings. The quantitative estimate of drug-likeness (QED) is 0.0212. The summed E-state index contributed by atoms with van der Waals surface area (Å²) in [5, 5.41) is 0. The molecule has 0 fully saturated rings. The molecule has 0 aromatic heterocycles. The highest BCUT2D eigenvalue weighted by Crippen LogP contribution is 2.19. The fourth-order valence-electron chi connectivity index (χ4n) is 7.79. The SMILES string of the molecule is CCCCCCCCCOC(=O)CCCCCCCN(CCCCCCCC(=O)OC(CCCCCCCC)CCCCCCCC)CCCCC(=NS(=O)O)N(C)C. The number of unbranched alkanes of at least 4 members (excludes halogenated alkanes) is 25. The normalized spacial score (nSPS) is 12.4. The first kappa shape index (κ1) is 57.5. The number of amidine groups is 1. The molecule has 0 saturated heterocycles. The Kier molecular flexibility index (Phi) is 43.4. The van der Waals surface area contributed by atoms with E-state index in [1.807, 2.05) is 19.0 Å². The monoisotopic (exact) mass is 856 g/mol. The van der Waals surface area contributed by atoms with Crippen LogP contribution in [0.5, 0.6) is 0 Å². The first-order valence-corrected chi connectivity index (χ1v) is 26.2. The second-order valence-electron chi connectivity index (χ2n) is 17.5. The van der Waals surface area contributed by atoms with Gasteiger partial charge in [0.25, 0.3) is 11.3 Å². The van der Waals surface area contributed by atoms with Crippen LogP contribution in [0.3, 0.4) is 0 Å². The number of esters is 2. The molecule has 0 saturated carbocycles. The zero-order valence-electron chi connectivity index (χ0n) is 39.6. The van der Waals surface area contributed by atoms with Gasteiger partial charge in [-0.25, -0.2) is 4.21 Å². The molecule has 0 aromatic rings. The largest absolute Gasteiger partial charge is 0.466 e. The van der Waals surface area contributed by atoms with Gasteiger partial charge in [-0.15, -0.1) is 4.40 Å². The van der Waals surface area contributed by atoms with E-state index >= 15 is 0 Å². The summed E-state index contributed by atoms with van der Waals surface area (Å²) in [4.78, 5) is 29.4. The van der Waals surface area contributed by atoms with E-state index in [-0.39, 0.29) is 18.0 Å². The molecule has 1 unspecified atom stereocenters. The Balaban J connectivity index is 4.55. The Labute approximate surface area is 368 Å². The summed E-state index contributed by atoms with van der Waals surface area (Å²) in [5.74, 6) is 0.625. The molecule has 1 atom stereocenters. The lowest BCUT2D eigenvalue weighted by molar-refractivity contribution is -0.150. The van der Waals surface area contributed by atoms with Gasteiger partial charge in [0, 0.05) is 33.4 Å². The lowest BCUT2D eigenvalue weighted by Gasteiger charge is -2.23. The average Bonchev–Trinajstić information content (AvgIpc) is 3.21. The van der Waals surface area contributed by atoms with E-state index in [0.717, 1.165) is 116 Å². The van der Waals surface area contributed by atoms with Gasteiger partial charge in [-0.2, -0.15) is 0 Å². The predicted molar refractivity (Wildman–Crippen MR) is 252 cm³/mol. The van der Waals surface area contributed by atoms with E-state index in [0.29, 0.717) is 31.7 Å². The minimum Gasteiger partial charge on any atom is -0.466 e. The molecule has 0 bridgehead atoms. The van der Waals surface area contributed by atoms with Gasteiger partial charge in [0.2, 0.25) is 0 Å². The number of rotatable bonds is 45. The highest BCUT2D eigenvalue weighted by molar-refractivity contribution is 7.78. The maximum absolute atomic E-state index is 12.9. The van der Waals surface area contributed by atoms with Crippen LogP contribution in [0.4, 0.5) is 0 Å². The van der Waals surface area contributed by atoms with Gasteiger partial charge in [0.1, 0.15) is 11.9 Å². The van der Waals surface area contributed by atoms with E-state index in [1.165, 1.54) is 116 Å². The number of carbonyl (C=O) groups excluding carboxylic acids is 2. The molecule has 0 aromatic carbocycles. The molecular formula is C49H97N3O6S. The molecule has 1 N–H and O–H groups in total. The standard InChI is InChI=1S/C49H97N3O6S/c1-6-9-12-15-18-27-36-45-57-48(53)40-30-23-19-25-33-42-52(44-35-32-39-47(51(4)5)50-59(55)56)43-34-26-20-24-31-41-49(54)58-46(37-28-21-16-13-10-7-2)38-29-22-17-14-11-8-3/h46H,6-45H2,1-5H3,(H,55,56). The number of hydrogen-bond acceptors (Lipinski definition) is 6. The summed E-state index contributed by atoms with van der Waals surface area (Å²) < 4.78 is 35.9. The van der Waals surface area contributed by atoms with Crippen LogP contribution in [-0.2, 0) is 30.3 Å². The minimum atomic E-state index is -2.18. The zero-order valence-corrected chi connectivity index (χ0v) is 40.4. The second-order valence-corrected chi connectivity index (χ2v) is 18.2. The molecule has 0 aliphatic carbocycles. The first-order chi connectivity index (χ1) is 28.7. The summed E-state index contributed by atoms with van der Waals surface area (Å²) >= 11 is -2.18. The molecule has 0 radical (unpaired) electrons. The summed E-state index contributed by atoms with van der Waals surface area (Å²) in [5.41, 5.74) is 0. The third kappa shape index (κ3) is 41.6. The Morgan fingerprint density at radius 2 is 0.881 bits per heavy atom. The topological polar surface area (TPSA) is 109 Å². The maximum Gasteiger partial charge on any atom is 0.306 e. The van der Waals surface area contributed by atoms with Crippen molar-refractivity contribution in [3.05, 3.63) is 0 Å². The molecule has 0 heterocycles. The Morgan fingerprint density at radius 3 is 1.34 bits per heavy atom. The van der Waals surface area contributed by atoms with Crippen LogP contribution in [0, 0.1) is 0 Å². The molecule has 0 aliphatic heterocycles. The smallest absolute Gasteiger partial charge is 0.306 e. The molecule has 0 rings (SSSR count). The number of ether oxygens (including phenoxy) is 2. The average molecular weight is 856 g/mol. The van der Waals surface area contributed by atoms with E-state index < -0.39 is 11.3 Å². The third-order valence-electron chi connectivity index (χ3n) is 11.6. The van der Waals surface area contributed by atoms with Gasteiger partial charge in [-0.3, -0.25) is 14.1 Å². The molecule has 10 heteroatoms. The van der Waals surface area contributed by atoms with Crippen LogP contribution < -0.4 is 0 Å². The number of nitrogens with zero attached hydrogens (tertiary/aromatic N) is 3. The van der Waals surface area contributed by atoms with Crippen LogP contribution in [-0.4, -0.2) is 82.8 Å². The van der Waals surface area contributed by atoms with Crippen LogP contribution in [0.25, 0.3) is 0 Å². The van der Waals surface area contributed by atoms with Crippen molar-refractivity contribution in [1.29, 1.82) is 0 Å². The van der Waals surface area contributed by atoms with Crippen molar-refractivity contribution in [2.75, 3.05) is 40.3 Å². The van der Waals surface area contributed by atoms with Crippen molar-refractivity contribution in [3.63, 3.8) is 0 Å². The fourth-order valence-corrected chi connectivity index (χ4v) is 8.23. The third-order valence-corrected chi connectivity index (χ3v) is 12.0. The Bertz CT molecular complexity index is 981. The highest BCUT2D eigenvalue weighted by atomic mass is 32.2. The lowest BCUT2D eigenvalue weighted by atomic mass is 10.0. The Hall–Kier alpha value is -1.52. The van der Waals surface area contributed by atoms with Gasteiger partial charge >= 0.3 is 11.9 Å². The molecule has 350 valence electrons. The van der Waals surface area contributed by atoms with Crippen LogP contribution >= 0.6 is 0 Å². The maximum atomic E-state index is 12.9. The van der Waals surface area contributed by atoms with Gasteiger partial charge in [0.15, 0.2) is 0 Å². The summed E-state index contributed by atoms with van der Waals surface area (Å²) in [6.45, 7) is 10.5. The van der Waals surface area contributed by atoms with Crippen LogP contribution in [0.2, 0.25) is 0 Å². The van der Waals surface area contributed by atoms with Gasteiger partial charge in [-0.1, -0.05) is 162 Å². The van der Waals surface area contributed by atoms with Crippen molar-refractivity contribution >= 4 is 29.0 Å². The molecule has 9 nitrogen and oxygen atoms in total. The Morgan fingerprint density at radius 1 is 0.508 bits per heavy atom. The van der Waals surface area contributed by atoms with Crippen molar-refractivity contribution in [1.82, 2.24) is 9.80 Å². The van der Waals surface area contributed by atoms with Gasteiger partial charge in [0.05, 0.1) is 6.61 Å². The summed E-state index contributed by atoms with van der Waals surface area (Å²) in [7, 11) is 3.73. The van der Waals surface area contributed by atoms with E-state index in [1.54, 1.807) is 0 Å². The molecule has 0 spiro atoms. The van der Waals surface area contributed by atoms with Crippen molar-refractivity contribution in [2.24, 2.45) is 4.40 Å². The molecule has 59 heavy (non-hydrogen) atoms. The summed E-state index contributed by atoms with van der Waals surface area (Å²) in [6, 6.07) is 0.